The second kappa shape index (κ2) is 6.38. The number of rotatable bonds is 2. The summed E-state index contributed by atoms with van der Waals surface area (Å²) in [6, 6.07) is 2.16. The summed E-state index contributed by atoms with van der Waals surface area (Å²) in [5.41, 5.74) is 1.04. The first-order chi connectivity index (χ1) is 12.3. The van der Waals surface area contributed by atoms with Crippen molar-refractivity contribution in [3.05, 3.63) is 11.6 Å². The third-order valence-electron chi connectivity index (χ3n) is 7.60. The van der Waals surface area contributed by atoms with E-state index in [4.69, 9.17) is 4.74 Å². The number of carbonyl (C=O) groups excluding carboxylic acids is 1. The van der Waals surface area contributed by atoms with Crippen molar-refractivity contribution in [3.63, 3.8) is 0 Å². The van der Waals surface area contributed by atoms with E-state index in [1.54, 1.807) is 0 Å². The smallest absolute Gasteiger partial charge is 0.331 e. The average Bonchev–Trinajstić information content (AvgIpc) is 3.06. The van der Waals surface area contributed by atoms with Crippen LogP contribution >= 0.6 is 0 Å². The minimum absolute atomic E-state index is 0.0900. The van der Waals surface area contributed by atoms with Crippen molar-refractivity contribution < 1.29 is 9.53 Å². The third kappa shape index (κ3) is 2.68. The number of ether oxygens (including phenoxy) is 1. The van der Waals surface area contributed by atoms with Crippen LogP contribution in [0.5, 0.6) is 0 Å². The maximum Gasteiger partial charge on any atom is 0.331 e. The van der Waals surface area contributed by atoms with Crippen molar-refractivity contribution in [2.75, 3.05) is 6.54 Å². The van der Waals surface area contributed by atoms with Gasteiger partial charge in [-0.3, -0.25) is 4.90 Å². The van der Waals surface area contributed by atoms with Crippen molar-refractivity contribution in [2.45, 2.75) is 107 Å². The van der Waals surface area contributed by atoms with Gasteiger partial charge in [-0.25, -0.2) is 4.79 Å². The predicted molar refractivity (Wildman–Crippen MR) is 97.3 cm³/mol. The normalized spacial score (nSPS) is 42.2. The number of hydrogen-bond acceptors (Lipinski definition) is 4. The van der Waals surface area contributed by atoms with Crippen LogP contribution in [0.15, 0.2) is 11.6 Å². The molecule has 4 atom stereocenters. The first-order valence-electron chi connectivity index (χ1n) is 10.7. The van der Waals surface area contributed by atoms with E-state index in [1.165, 1.54) is 76.3 Å². The molecule has 3 aliphatic heterocycles. The number of nitrogens with zero attached hydrogens (tertiary/aromatic N) is 1. The Labute approximate surface area is 151 Å². The first kappa shape index (κ1) is 16.3. The van der Waals surface area contributed by atoms with Crippen LogP contribution < -0.4 is 5.32 Å². The highest BCUT2D eigenvalue weighted by Gasteiger charge is 2.63. The molecular formula is C21H32N2O2. The Bertz CT molecular complexity index is 566. The Morgan fingerprint density at radius 1 is 1.04 bits per heavy atom. The molecule has 0 aromatic heterocycles. The molecule has 5 rings (SSSR count). The van der Waals surface area contributed by atoms with Gasteiger partial charge in [-0.2, -0.15) is 0 Å². The van der Waals surface area contributed by atoms with Crippen LogP contribution in [-0.2, 0) is 9.53 Å². The van der Waals surface area contributed by atoms with Gasteiger partial charge in [0, 0.05) is 30.6 Å². The number of piperidine rings is 1. The van der Waals surface area contributed by atoms with Gasteiger partial charge >= 0.3 is 5.97 Å². The van der Waals surface area contributed by atoms with Crippen LogP contribution in [0, 0.1) is 0 Å². The maximum atomic E-state index is 12.1. The fourth-order valence-electron chi connectivity index (χ4n) is 6.48. The van der Waals surface area contributed by atoms with Gasteiger partial charge in [0.05, 0.1) is 6.04 Å². The number of fused-ring (bicyclic) bond motifs is 3. The quantitative estimate of drug-likeness (QED) is 0.781. The number of nitrogens with one attached hydrogen (secondary N) is 1. The molecule has 4 nitrogen and oxygen atoms in total. The Kier molecular flexibility index (Phi) is 4.16. The molecule has 0 radical (unpaired) electrons. The Morgan fingerprint density at radius 2 is 1.80 bits per heavy atom. The average molecular weight is 344 g/mol. The molecule has 1 N–H and O–H groups in total. The molecule has 4 unspecified atom stereocenters. The number of hydrogen-bond donors (Lipinski definition) is 1. The molecule has 4 heteroatoms. The summed E-state index contributed by atoms with van der Waals surface area (Å²) in [5, 5.41) is 4.06. The zero-order chi connectivity index (χ0) is 16.9. The second-order valence-electron chi connectivity index (χ2n) is 9.02. The largest absolute Gasteiger partial charge is 0.450 e. The van der Waals surface area contributed by atoms with Gasteiger partial charge in [-0.15, -0.1) is 0 Å². The summed E-state index contributed by atoms with van der Waals surface area (Å²) in [7, 11) is 0. The monoisotopic (exact) mass is 344 g/mol. The SMILES string of the molecule is O=C1C=C2CC(NC3CCCCCCC3)C3CC2(O1)C1CCCCN31. The first-order valence-corrected chi connectivity index (χ1v) is 10.7. The molecule has 4 fully saturated rings. The molecular weight excluding hydrogens is 312 g/mol. The molecule has 5 aliphatic rings. The minimum Gasteiger partial charge on any atom is -0.450 e. The van der Waals surface area contributed by atoms with E-state index in [9.17, 15) is 4.79 Å². The Balaban J connectivity index is 1.38. The fourth-order valence-corrected chi connectivity index (χ4v) is 6.48. The van der Waals surface area contributed by atoms with Crippen LogP contribution in [0.25, 0.3) is 0 Å². The van der Waals surface area contributed by atoms with Crippen LogP contribution in [-0.4, -0.2) is 47.2 Å². The summed E-state index contributed by atoms with van der Waals surface area (Å²) in [4.78, 5) is 14.8. The van der Waals surface area contributed by atoms with Crippen molar-refractivity contribution in [1.29, 1.82) is 0 Å². The summed E-state index contributed by atoms with van der Waals surface area (Å²) >= 11 is 0. The van der Waals surface area contributed by atoms with Crippen molar-refractivity contribution in [1.82, 2.24) is 10.2 Å². The Morgan fingerprint density at radius 3 is 2.64 bits per heavy atom. The fraction of sp³-hybridized carbons (Fsp3) is 0.857. The lowest BCUT2D eigenvalue weighted by molar-refractivity contribution is -0.148. The number of carbonyl (C=O) groups is 1. The molecule has 138 valence electrons. The van der Waals surface area contributed by atoms with E-state index in [0.717, 1.165) is 12.8 Å². The molecule has 0 aromatic carbocycles. The third-order valence-corrected chi connectivity index (χ3v) is 7.60. The molecule has 2 saturated carbocycles. The molecule has 2 saturated heterocycles. The highest BCUT2D eigenvalue weighted by atomic mass is 16.6. The lowest BCUT2D eigenvalue weighted by Crippen LogP contribution is -2.52. The zero-order valence-corrected chi connectivity index (χ0v) is 15.3. The second-order valence-corrected chi connectivity index (χ2v) is 9.02. The van der Waals surface area contributed by atoms with Gasteiger partial charge in [0.1, 0.15) is 0 Å². The van der Waals surface area contributed by atoms with Gasteiger partial charge in [0.15, 0.2) is 5.60 Å². The van der Waals surface area contributed by atoms with E-state index in [1.807, 2.05) is 6.08 Å². The summed E-state index contributed by atoms with van der Waals surface area (Å²) in [6.45, 7) is 1.19. The van der Waals surface area contributed by atoms with E-state index < -0.39 is 0 Å². The van der Waals surface area contributed by atoms with Crippen molar-refractivity contribution in [2.24, 2.45) is 0 Å². The molecule has 0 amide bonds. The highest BCUT2D eigenvalue weighted by Crippen LogP contribution is 2.54. The van der Waals surface area contributed by atoms with Gasteiger partial charge in [-0.1, -0.05) is 38.5 Å². The molecule has 1 spiro atoms. The highest BCUT2D eigenvalue weighted by molar-refractivity contribution is 5.87. The lowest BCUT2D eigenvalue weighted by Gasteiger charge is -2.38. The van der Waals surface area contributed by atoms with Crippen molar-refractivity contribution >= 4 is 5.97 Å². The van der Waals surface area contributed by atoms with Crippen LogP contribution in [0.2, 0.25) is 0 Å². The van der Waals surface area contributed by atoms with Gasteiger partial charge in [0.2, 0.25) is 0 Å². The molecule has 2 bridgehead atoms. The van der Waals surface area contributed by atoms with Crippen molar-refractivity contribution in [3.8, 4) is 0 Å². The predicted octanol–water partition coefficient (Wildman–Crippen LogP) is 3.31. The molecule has 3 heterocycles. The Hall–Kier alpha value is -0.870. The van der Waals surface area contributed by atoms with Crippen LogP contribution in [0.3, 0.4) is 0 Å². The number of esters is 1. The van der Waals surface area contributed by atoms with E-state index in [0.29, 0.717) is 24.2 Å². The summed E-state index contributed by atoms with van der Waals surface area (Å²) in [5.74, 6) is -0.0900. The van der Waals surface area contributed by atoms with Crippen LogP contribution in [0.1, 0.15) is 77.0 Å². The van der Waals surface area contributed by atoms with Crippen LogP contribution in [0.4, 0.5) is 0 Å². The van der Waals surface area contributed by atoms with Gasteiger partial charge in [0.25, 0.3) is 0 Å². The topological polar surface area (TPSA) is 41.6 Å². The van der Waals surface area contributed by atoms with E-state index in [-0.39, 0.29) is 11.6 Å². The molecule has 0 aromatic rings. The van der Waals surface area contributed by atoms with Gasteiger partial charge in [-0.05, 0) is 44.2 Å². The maximum absolute atomic E-state index is 12.1. The minimum atomic E-state index is -0.263. The molecule has 25 heavy (non-hydrogen) atoms. The van der Waals surface area contributed by atoms with E-state index in [2.05, 4.69) is 10.2 Å². The zero-order valence-electron chi connectivity index (χ0n) is 15.3. The van der Waals surface area contributed by atoms with Gasteiger partial charge < -0.3 is 10.1 Å². The molecule has 2 aliphatic carbocycles. The lowest BCUT2D eigenvalue weighted by atomic mass is 9.75. The standard InChI is InChI=1S/C21H32N2O2/c24-20-13-15-12-17(22-16-8-4-2-1-3-5-9-16)18-14-21(15,25-20)19-10-6-7-11-23(18)19/h13,16-19,22H,1-12,14H2. The summed E-state index contributed by atoms with van der Waals surface area (Å²) < 4.78 is 5.99. The van der Waals surface area contributed by atoms with E-state index >= 15 is 0 Å². The summed E-state index contributed by atoms with van der Waals surface area (Å²) in [6.07, 6.45) is 17.3.